The summed E-state index contributed by atoms with van der Waals surface area (Å²) in [5, 5.41) is 0. The molecule has 1 aromatic heterocycles. The van der Waals surface area contributed by atoms with Crippen LogP contribution in [0.15, 0.2) is 16.7 Å². The van der Waals surface area contributed by atoms with E-state index in [1.807, 2.05) is 0 Å². The summed E-state index contributed by atoms with van der Waals surface area (Å²) >= 11 is 0. The normalized spacial score (nSPS) is 18.8. The number of hydrogen-bond donors (Lipinski definition) is 2. The van der Waals surface area contributed by atoms with Crippen molar-refractivity contribution in [2.24, 2.45) is 11.3 Å². The maximum atomic E-state index is 12.1. The Morgan fingerprint density at radius 1 is 1.50 bits per heavy atom. The quantitative estimate of drug-likeness (QED) is 0.497. The van der Waals surface area contributed by atoms with Crippen LogP contribution in [0.25, 0.3) is 0 Å². The minimum atomic E-state index is -0.406. The molecule has 1 fully saturated rings. The van der Waals surface area contributed by atoms with Gasteiger partial charge in [0.15, 0.2) is 0 Å². The third kappa shape index (κ3) is 3.19. The fourth-order valence-corrected chi connectivity index (χ4v) is 2.37. The second kappa shape index (κ2) is 5.66. The molecule has 0 aliphatic carbocycles. The zero-order valence-corrected chi connectivity index (χ0v) is 11.9. The third-order valence-electron chi connectivity index (χ3n) is 3.88. The molecular formula is C14H21N3O3. The minimum absolute atomic E-state index is 0.103. The van der Waals surface area contributed by atoms with Gasteiger partial charge in [-0.15, -0.1) is 0 Å². The van der Waals surface area contributed by atoms with Crippen LogP contribution < -0.4 is 11.3 Å². The van der Waals surface area contributed by atoms with Crippen molar-refractivity contribution in [2.45, 2.75) is 39.7 Å². The standard InChI is InChI=1S/C14H21N3O3/c1-14(2)5-3-12(18)17(7-6-14)9-11-10(4-8-20-11)13(19)16-15/h4,8H,3,5-7,9,15H2,1-2H3,(H,16,19). The van der Waals surface area contributed by atoms with Crippen molar-refractivity contribution < 1.29 is 14.0 Å². The second-order valence-electron chi connectivity index (χ2n) is 5.96. The van der Waals surface area contributed by atoms with Gasteiger partial charge < -0.3 is 9.32 Å². The van der Waals surface area contributed by atoms with Crippen molar-refractivity contribution in [3.8, 4) is 0 Å². The van der Waals surface area contributed by atoms with Crippen LogP contribution in [0.4, 0.5) is 0 Å². The van der Waals surface area contributed by atoms with Crippen molar-refractivity contribution in [2.75, 3.05) is 6.54 Å². The average Bonchev–Trinajstić information content (AvgIpc) is 2.83. The molecule has 0 radical (unpaired) electrons. The molecule has 20 heavy (non-hydrogen) atoms. The van der Waals surface area contributed by atoms with Crippen LogP contribution in [0.3, 0.4) is 0 Å². The zero-order chi connectivity index (χ0) is 14.8. The number of nitrogen functional groups attached to an aromatic ring is 1. The van der Waals surface area contributed by atoms with Gasteiger partial charge in [-0.25, -0.2) is 5.84 Å². The van der Waals surface area contributed by atoms with E-state index in [2.05, 4.69) is 19.3 Å². The van der Waals surface area contributed by atoms with Crippen LogP contribution in [-0.2, 0) is 11.3 Å². The van der Waals surface area contributed by atoms with E-state index in [1.54, 1.807) is 11.0 Å². The van der Waals surface area contributed by atoms with E-state index in [0.29, 0.717) is 30.8 Å². The SMILES string of the molecule is CC1(C)CCC(=O)N(Cc2occc2C(=O)NN)CC1. The van der Waals surface area contributed by atoms with Crippen LogP contribution in [0.5, 0.6) is 0 Å². The van der Waals surface area contributed by atoms with Crippen molar-refractivity contribution in [1.82, 2.24) is 10.3 Å². The van der Waals surface area contributed by atoms with Gasteiger partial charge in [0.25, 0.3) is 5.91 Å². The van der Waals surface area contributed by atoms with Gasteiger partial charge in [0.05, 0.1) is 18.4 Å². The number of carbonyl (C=O) groups excluding carboxylic acids is 2. The van der Waals surface area contributed by atoms with Crippen LogP contribution in [0.1, 0.15) is 49.2 Å². The highest BCUT2D eigenvalue weighted by molar-refractivity contribution is 5.94. The maximum absolute atomic E-state index is 12.1. The summed E-state index contributed by atoms with van der Waals surface area (Å²) in [6.45, 7) is 5.33. The topological polar surface area (TPSA) is 88.6 Å². The first-order valence-corrected chi connectivity index (χ1v) is 6.78. The molecule has 6 nitrogen and oxygen atoms in total. The van der Waals surface area contributed by atoms with Gasteiger partial charge >= 0.3 is 0 Å². The fourth-order valence-electron chi connectivity index (χ4n) is 2.37. The van der Waals surface area contributed by atoms with Crippen LogP contribution >= 0.6 is 0 Å². The summed E-state index contributed by atoms with van der Waals surface area (Å²) in [5.74, 6) is 5.30. The average molecular weight is 279 g/mol. The maximum Gasteiger partial charge on any atom is 0.268 e. The summed E-state index contributed by atoms with van der Waals surface area (Å²) in [6, 6.07) is 1.56. The zero-order valence-electron chi connectivity index (χ0n) is 11.9. The Morgan fingerprint density at radius 3 is 2.95 bits per heavy atom. The number of hydrogen-bond acceptors (Lipinski definition) is 4. The summed E-state index contributed by atoms with van der Waals surface area (Å²) in [4.78, 5) is 25.5. The lowest BCUT2D eigenvalue weighted by Crippen LogP contribution is -2.33. The Labute approximate surface area is 118 Å². The van der Waals surface area contributed by atoms with Crippen molar-refractivity contribution >= 4 is 11.8 Å². The van der Waals surface area contributed by atoms with Crippen molar-refractivity contribution in [1.29, 1.82) is 0 Å². The molecule has 0 bridgehead atoms. The number of furan rings is 1. The smallest absolute Gasteiger partial charge is 0.268 e. The van der Waals surface area contributed by atoms with Crippen LogP contribution in [-0.4, -0.2) is 23.3 Å². The molecule has 110 valence electrons. The van der Waals surface area contributed by atoms with Gasteiger partial charge in [-0.1, -0.05) is 13.8 Å². The fraction of sp³-hybridized carbons (Fsp3) is 0.571. The van der Waals surface area contributed by atoms with E-state index in [1.165, 1.54) is 6.26 Å². The molecule has 0 saturated carbocycles. The summed E-state index contributed by atoms with van der Waals surface area (Å²) in [7, 11) is 0. The van der Waals surface area contributed by atoms with Gasteiger partial charge in [-0.2, -0.15) is 0 Å². The van der Waals surface area contributed by atoms with E-state index < -0.39 is 5.91 Å². The van der Waals surface area contributed by atoms with E-state index >= 15 is 0 Å². The van der Waals surface area contributed by atoms with E-state index in [9.17, 15) is 9.59 Å². The van der Waals surface area contributed by atoms with Gasteiger partial charge in [-0.3, -0.25) is 15.0 Å². The Morgan fingerprint density at radius 2 is 2.25 bits per heavy atom. The molecular weight excluding hydrogens is 258 g/mol. The number of nitrogens with one attached hydrogen (secondary N) is 1. The lowest BCUT2D eigenvalue weighted by atomic mass is 9.85. The monoisotopic (exact) mass is 279 g/mol. The molecule has 6 heteroatoms. The predicted octanol–water partition coefficient (Wildman–Crippen LogP) is 1.42. The number of likely N-dealkylation sites (tertiary alicyclic amines) is 1. The molecule has 1 saturated heterocycles. The third-order valence-corrected chi connectivity index (χ3v) is 3.88. The molecule has 2 amide bonds. The number of nitrogens with two attached hydrogens (primary N) is 1. The largest absolute Gasteiger partial charge is 0.467 e. The van der Waals surface area contributed by atoms with Crippen molar-refractivity contribution in [3.05, 3.63) is 23.7 Å². The summed E-state index contributed by atoms with van der Waals surface area (Å²) in [6.07, 6.45) is 3.80. The molecule has 0 spiro atoms. The molecule has 3 N–H and O–H groups in total. The molecule has 1 aliphatic rings. The molecule has 0 aromatic carbocycles. The lowest BCUT2D eigenvalue weighted by molar-refractivity contribution is -0.131. The van der Waals surface area contributed by atoms with E-state index in [4.69, 9.17) is 10.3 Å². The van der Waals surface area contributed by atoms with Gasteiger partial charge in [0.2, 0.25) is 5.91 Å². The first kappa shape index (κ1) is 14.6. The Balaban J connectivity index is 2.11. The van der Waals surface area contributed by atoms with Gasteiger partial charge in [-0.05, 0) is 24.3 Å². The van der Waals surface area contributed by atoms with Gasteiger partial charge in [0, 0.05) is 13.0 Å². The number of carbonyl (C=O) groups is 2. The summed E-state index contributed by atoms with van der Waals surface area (Å²) < 4.78 is 5.32. The number of amides is 2. The Bertz CT molecular complexity index is 508. The first-order valence-electron chi connectivity index (χ1n) is 6.78. The highest BCUT2D eigenvalue weighted by Gasteiger charge is 2.28. The number of hydrazine groups is 1. The first-order chi connectivity index (χ1) is 9.43. The number of nitrogens with zero attached hydrogens (tertiary/aromatic N) is 1. The molecule has 2 heterocycles. The molecule has 2 rings (SSSR count). The summed E-state index contributed by atoms with van der Waals surface area (Å²) in [5.41, 5.74) is 2.63. The highest BCUT2D eigenvalue weighted by Crippen LogP contribution is 2.31. The van der Waals surface area contributed by atoms with E-state index in [0.717, 1.165) is 12.8 Å². The number of rotatable bonds is 3. The Hall–Kier alpha value is -1.82. The minimum Gasteiger partial charge on any atom is -0.467 e. The Kier molecular flexibility index (Phi) is 4.13. The predicted molar refractivity (Wildman–Crippen MR) is 73.4 cm³/mol. The molecule has 0 unspecified atom stereocenters. The second-order valence-corrected chi connectivity index (χ2v) is 5.96. The van der Waals surface area contributed by atoms with Crippen molar-refractivity contribution in [3.63, 3.8) is 0 Å². The molecule has 1 aromatic rings. The van der Waals surface area contributed by atoms with Crippen LogP contribution in [0.2, 0.25) is 0 Å². The highest BCUT2D eigenvalue weighted by atomic mass is 16.3. The molecule has 0 atom stereocenters. The molecule has 1 aliphatic heterocycles. The lowest BCUT2D eigenvalue weighted by Gasteiger charge is -2.23. The van der Waals surface area contributed by atoms with Crippen LogP contribution in [0, 0.1) is 5.41 Å². The van der Waals surface area contributed by atoms with Gasteiger partial charge in [0.1, 0.15) is 5.76 Å². The van der Waals surface area contributed by atoms with E-state index in [-0.39, 0.29) is 11.3 Å².